The first kappa shape index (κ1) is 17.5. The Kier molecular flexibility index (Phi) is 3.29. The zero-order valence-electron chi connectivity index (χ0n) is 14.1. The summed E-state index contributed by atoms with van der Waals surface area (Å²) in [6.07, 6.45) is -1.74. The van der Waals surface area contributed by atoms with Crippen molar-refractivity contribution in [3.63, 3.8) is 0 Å². The monoisotopic (exact) mass is 404 g/mol. The zero-order valence-corrected chi connectivity index (χ0v) is 14.1. The van der Waals surface area contributed by atoms with E-state index in [-0.39, 0.29) is 11.1 Å². The van der Waals surface area contributed by atoms with Crippen molar-refractivity contribution >= 4 is 11.8 Å². The molecule has 2 aromatic carbocycles. The van der Waals surface area contributed by atoms with Gasteiger partial charge in [0.1, 0.15) is 0 Å². The van der Waals surface area contributed by atoms with Crippen molar-refractivity contribution in [1.29, 1.82) is 0 Å². The van der Waals surface area contributed by atoms with Gasteiger partial charge in [0, 0.05) is 5.56 Å². The smallest absolute Gasteiger partial charge is 0.340 e. The molecule has 0 saturated heterocycles. The van der Waals surface area contributed by atoms with Crippen LogP contribution in [0.5, 0.6) is 11.5 Å². The SMILES string of the molecule is O=C1OC2(C3=CC(F)C(=O)C(F)=C3Oc3c2cc(F)c(O)c3F)c2ccccc21. The Morgan fingerprint density at radius 1 is 1.07 bits per heavy atom. The summed E-state index contributed by atoms with van der Waals surface area (Å²) >= 11 is 0. The summed E-state index contributed by atoms with van der Waals surface area (Å²) in [6, 6.07) is 6.41. The number of rotatable bonds is 0. The van der Waals surface area contributed by atoms with Gasteiger partial charge in [-0.2, -0.15) is 8.78 Å². The number of Topliss-reactive ketones (excluding diaryl/α,β-unsaturated/α-hetero) is 1. The first-order chi connectivity index (χ1) is 13.8. The number of hydrogen-bond donors (Lipinski definition) is 1. The van der Waals surface area contributed by atoms with E-state index in [4.69, 9.17) is 9.47 Å². The molecule has 1 N–H and O–H groups in total. The van der Waals surface area contributed by atoms with Crippen molar-refractivity contribution < 1.29 is 41.7 Å². The van der Waals surface area contributed by atoms with Crippen molar-refractivity contribution in [2.45, 2.75) is 11.8 Å². The normalized spacial score (nSPS) is 24.6. The number of halogens is 4. The first-order valence-electron chi connectivity index (χ1n) is 8.30. The first-order valence-corrected chi connectivity index (χ1v) is 8.30. The molecule has 9 heteroatoms. The van der Waals surface area contributed by atoms with E-state index in [1.807, 2.05) is 0 Å². The minimum Gasteiger partial charge on any atom is -0.503 e. The summed E-state index contributed by atoms with van der Waals surface area (Å²) in [5.74, 6) is -10.2. The van der Waals surface area contributed by atoms with Crippen molar-refractivity contribution in [2.75, 3.05) is 0 Å². The maximum atomic E-state index is 14.6. The number of ketones is 1. The number of esters is 1. The summed E-state index contributed by atoms with van der Waals surface area (Å²) < 4.78 is 68.2. The van der Waals surface area contributed by atoms with Crippen molar-refractivity contribution in [1.82, 2.24) is 0 Å². The summed E-state index contributed by atoms with van der Waals surface area (Å²) in [4.78, 5) is 24.3. The lowest BCUT2D eigenvalue weighted by Crippen LogP contribution is -2.40. The molecule has 0 bridgehead atoms. The maximum absolute atomic E-state index is 14.6. The van der Waals surface area contributed by atoms with Crippen molar-refractivity contribution in [3.8, 4) is 11.5 Å². The maximum Gasteiger partial charge on any atom is 0.340 e. The molecule has 2 aromatic rings. The van der Waals surface area contributed by atoms with Crippen LogP contribution in [0, 0.1) is 11.6 Å². The Morgan fingerprint density at radius 2 is 1.79 bits per heavy atom. The number of benzene rings is 2. The van der Waals surface area contributed by atoms with Crippen molar-refractivity contribution in [2.24, 2.45) is 0 Å². The molecule has 0 radical (unpaired) electrons. The third-order valence-electron chi connectivity index (χ3n) is 5.11. The number of phenolic OH excluding ortho intramolecular Hbond substituents is 1. The van der Waals surface area contributed by atoms with Gasteiger partial charge in [0.2, 0.25) is 17.4 Å². The Balaban J connectivity index is 1.96. The molecule has 1 aliphatic carbocycles. The van der Waals surface area contributed by atoms with Gasteiger partial charge in [-0.05, 0) is 18.2 Å². The lowest BCUT2D eigenvalue weighted by Gasteiger charge is -2.39. The largest absolute Gasteiger partial charge is 0.503 e. The van der Waals surface area contributed by atoms with Crippen LogP contribution in [-0.2, 0) is 15.1 Å². The van der Waals surface area contributed by atoms with Gasteiger partial charge >= 0.3 is 5.97 Å². The summed E-state index contributed by atoms with van der Waals surface area (Å²) in [5, 5.41) is 9.61. The van der Waals surface area contributed by atoms with E-state index < -0.39 is 69.4 Å². The van der Waals surface area contributed by atoms with Crippen LogP contribution in [0.25, 0.3) is 0 Å². The standard InChI is InChI=1S/C20H8F4O5/c21-11-5-9-17(13(23)15(11)25)28-18-10(6-12(22)16(26)14(18)24)20(9)8-4-2-1-3-7(8)19(27)29-20/h1-6,11,26H. The van der Waals surface area contributed by atoms with Gasteiger partial charge < -0.3 is 14.6 Å². The number of alkyl halides is 1. The molecule has 2 heterocycles. The van der Waals surface area contributed by atoms with E-state index in [2.05, 4.69) is 0 Å². The number of hydrogen-bond acceptors (Lipinski definition) is 5. The molecule has 2 atom stereocenters. The lowest BCUT2D eigenvalue weighted by molar-refractivity contribution is -0.120. The fraction of sp³-hybridized carbons (Fsp3) is 0.100. The average molecular weight is 404 g/mol. The lowest BCUT2D eigenvalue weighted by atomic mass is 9.74. The molecule has 5 rings (SSSR count). The van der Waals surface area contributed by atoms with Crippen LogP contribution >= 0.6 is 0 Å². The Bertz CT molecular complexity index is 1220. The molecule has 1 spiro atoms. The van der Waals surface area contributed by atoms with Gasteiger partial charge in [-0.1, -0.05) is 18.2 Å². The molecule has 3 aliphatic rings. The van der Waals surface area contributed by atoms with Gasteiger partial charge in [0.15, 0.2) is 34.8 Å². The topological polar surface area (TPSA) is 72.8 Å². The van der Waals surface area contributed by atoms with E-state index in [1.165, 1.54) is 24.3 Å². The van der Waals surface area contributed by atoms with E-state index in [0.29, 0.717) is 12.1 Å². The molecule has 0 saturated carbocycles. The van der Waals surface area contributed by atoms with Gasteiger partial charge in [0.25, 0.3) is 0 Å². The van der Waals surface area contributed by atoms with Crippen molar-refractivity contribution in [3.05, 3.63) is 81.9 Å². The highest BCUT2D eigenvalue weighted by atomic mass is 19.1. The predicted octanol–water partition coefficient (Wildman–Crippen LogP) is 3.51. The third-order valence-corrected chi connectivity index (χ3v) is 5.11. The fourth-order valence-electron chi connectivity index (χ4n) is 3.84. The summed E-state index contributed by atoms with van der Waals surface area (Å²) in [6.45, 7) is 0. The average Bonchev–Trinajstić information content (AvgIpc) is 3.00. The molecule has 2 aliphatic heterocycles. The van der Waals surface area contributed by atoms with Gasteiger partial charge in [0.05, 0.1) is 16.7 Å². The fourth-order valence-corrected chi connectivity index (χ4v) is 3.84. The van der Waals surface area contributed by atoms with Gasteiger partial charge in [-0.15, -0.1) is 0 Å². The molecule has 2 unspecified atom stereocenters. The molecule has 146 valence electrons. The molecule has 5 nitrogen and oxygen atoms in total. The van der Waals surface area contributed by atoms with Crippen LogP contribution in [0.1, 0.15) is 21.5 Å². The third kappa shape index (κ3) is 1.99. The molecule has 0 amide bonds. The molecule has 0 aromatic heterocycles. The predicted molar refractivity (Wildman–Crippen MR) is 87.4 cm³/mol. The number of carbonyl (C=O) groups is 2. The second kappa shape index (κ2) is 5.47. The molecule has 0 fully saturated rings. The number of ether oxygens (including phenoxy) is 2. The van der Waals surface area contributed by atoms with Crippen LogP contribution in [0.4, 0.5) is 17.6 Å². The summed E-state index contributed by atoms with van der Waals surface area (Å²) in [7, 11) is 0. The van der Waals surface area contributed by atoms with Gasteiger partial charge in [-0.3, -0.25) is 4.79 Å². The second-order valence-corrected chi connectivity index (χ2v) is 6.61. The number of carbonyl (C=O) groups excluding carboxylic acids is 2. The van der Waals surface area contributed by atoms with E-state index >= 15 is 0 Å². The second-order valence-electron chi connectivity index (χ2n) is 6.61. The Hall–Kier alpha value is -3.62. The van der Waals surface area contributed by atoms with Crippen LogP contribution in [0.2, 0.25) is 0 Å². The highest BCUT2D eigenvalue weighted by Crippen LogP contribution is 2.58. The number of phenols is 1. The minimum absolute atomic E-state index is 0.00204. The zero-order chi connectivity index (χ0) is 20.7. The van der Waals surface area contributed by atoms with E-state index in [9.17, 15) is 32.3 Å². The highest BCUT2D eigenvalue weighted by molar-refractivity contribution is 6.02. The summed E-state index contributed by atoms with van der Waals surface area (Å²) in [5.41, 5.74) is -2.96. The number of aromatic hydroxyl groups is 1. The van der Waals surface area contributed by atoms with Crippen LogP contribution in [-0.4, -0.2) is 23.0 Å². The van der Waals surface area contributed by atoms with Crippen LogP contribution in [0.3, 0.4) is 0 Å². The molecular formula is C20H8F4O5. The van der Waals surface area contributed by atoms with E-state index in [1.54, 1.807) is 0 Å². The number of fused-ring (bicyclic) bond motifs is 6. The van der Waals surface area contributed by atoms with Gasteiger partial charge in [-0.25, -0.2) is 13.6 Å². The quantitative estimate of drug-likeness (QED) is 0.538. The highest BCUT2D eigenvalue weighted by Gasteiger charge is 2.58. The Labute approximate surface area is 159 Å². The Morgan fingerprint density at radius 3 is 2.55 bits per heavy atom. The van der Waals surface area contributed by atoms with E-state index in [0.717, 1.165) is 0 Å². The molecule has 29 heavy (non-hydrogen) atoms. The van der Waals surface area contributed by atoms with Crippen LogP contribution < -0.4 is 4.74 Å². The molecular weight excluding hydrogens is 396 g/mol. The minimum atomic E-state index is -2.42. The van der Waals surface area contributed by atoms with Crippen LogP contribution in [0.15, 0.2) is 53.6 Å². The number of allylic oxidation sites excluding steroid dienone is 2.